The van der Waals surface area contributed by atoms with Crippen molar-refractivity contribution in [2.45, 2.75) is 32.9 Å². The molecule has 0 saturated carbocycles. The van der Waals surface area contributed by atoms with E-state index >= 15 is 0 Å². The van der Waals surface area contributed by atoms with Gasteiger partial charge in [-0.1, -0.05) is 5.21 Å². The molecule has 9 nitrogen and oxygen atoms in total. The first-order valence-corrected chi connectivity index (χ1v) is 8.97. The largest absolute Gasteiger partial charge is 0.379 e. The van der Waals surface area contributed by atoms with Gasteiger partial charge in [-0.25, -0.2) is 4.68 Å². The van der Waals surface area contributed by atoms with E-state index in [1.165, 1.54) is 0 Å². The van der Waals surface area contributed by atoms with Crippen LogP contribution >= 0.6 is 0 Å². The highest BCUT2D eigenvalue weighted by Crippen LogP contribution is 2.03. The second-order valence-corrected chi connectivity index (χ2v) is 5.74. The Balaban J connectivity index is 1.77. The normalized spacial score (nSPS) is 11.3. The van der Waals surface area contributed by atoms with Crippen molar-refractivity contribution >= 4 is 6.29 Å². The average Bonchev–Trinajstić information content (AvgIpc) is 3.10. The van der Waals surface area contributed by atoms with E-state index in [9.17, 15) is 4.79 Å². The van der Waals surface area contributed by atoms with Crippen LogP contribution in [0.3, 0.4) is 0 Å². The molecule has 0 atom stereocenters. The smallest absolute Gasteiger partial charge is 0.122 e. The molecule has 150 valence electrons. The van der Waals surface area contributed by atoms with Crippen molar-refractivity contribution in [3.05, 3.63) is 11.9 Å². The predicted octanol–water partition coefficient (Wildman–Crippen LogP) is 1.03. The minimum absolute atomic E-state index is 0.298. The summed E-state index contributed by atoms with van der Waals surface area (Å²) < 4.78 is 28.6. The molecular formula is C17H31N3O6. The van der Waals surface area contributed by atoms with Crippen molar-refractivity contribution in [3.63, 3.8) is 0 Å². The molecule has 9 heteroatoms. The zero-order valence-corrected chi connectivity index (χ0v) is 15.8. The Labute approximate surface area is 154 Å². The molecule has 1 heterocycles. The summed E-state index contributed by atoms with van der Waals surface area (Å²) in [5.74, 6) is 0. The Hall–Kier alpha value is -1.39. The Morgan fingerprint density at radius 1 is 0.885 bits per heavy atom. The standard InChI is InChI=1S/C17H31N3O6/c1-16(2)20-14-17(18-19-20)15-26-13-12-25-11-10-24-9-8-23-7-6-22-5-3-4-21/h4,14,16H,3,5-13,15H2,1-2H3. The van der Waals surface area contributed by atoms with Gasteiger partial charge in [0, 0.05) is 12.5 Å². The topological polar surface area (TPSA) is 93.9 Å². The fourth-order valence-electron chi connectivity index (χ4n) is 1.82. The summed E-state index contributed by atoms with van der Waals surface area (Å²) in [7, 11) is 0. The van der Waals surface area contributed by atoms with Gasteiger partial charge in [-0.3, -0.25) is 0 Å². The van der Waals surface area contributed by atoms with Crippen LogP contribution in [0.25, 0.3) is 0 Å². The summed E-state index contributed by atoms with van der Waals surface area (Å²) in [6, 6.07) is 0.298. The lowest BCUT2D eigenvalue weighted by atomic mass is 10.4. The quantitative estimate of drug-likeness (QED) is 0.278. The number of nitrogens with zero attached hydrogens (tertiary/aromatic N) is 3. The summed E-state index contributed by atoms with van der Waals surface area (Å²) >= 11 is 0. The van der Waals surface area contributed by atoms with E-state index in [-0.39, 0.29) is 0 Å². The fraction of sp³-hybridized carbons (Fsp3) is 0.824. The van der Waals surface area contributed by atoms with E-state index in [2.05, 4.69) is 10.3 Å². The molecule has 0 bridgehead atoms. The first-order valence-electron chi connectivity index (χ1n) is 8.97. The van der Waals surface area contributed by atoms with Crippen molar-refractivity contribution in [2.75, 3.05) is 59.5 Å². The minimum Gasteiger partial charge on any atom is -0.379 e. The van der Waals surface area contributed by atoms with E-state index < -0.39 is 0 Å². The SMILES string of the molecule is CC(C)n1cc(COCCOCCOCCOCCOCCC=O)nn1. The van der Waals surface area contributed by atoms with Gasteiger partial charge in [0.05, 0.1) is 72.3 Å². The molecule has 0 unspecified atom stereocenters. The van der Waals surface area contributed by atoms with Crippen molar-refractivity contribution in [1.82, 2.24) is 15.0 Å². The highest BCUT2D eigenvalue weighted by atomic mass is 16.6. The van der Waals surface area contributed by atoms with E-state index in [1.807, 2.05) is 20.0 Å². The molecule has 1 aromatic heterocycles. The minimum atomic E-state index is 0.298. The third-order valence-electron chi connectivity index (χ3n) is 3.20. The van der Waals surface area contributed by atoms with Gasteiger partial charge in [0.15, 0.2) is 0 Å². The molecule has 1 aromatic rings. The Morgan fingerprint density at radius 2 is 1.38 bits per heavy atom. The van der Waals surface area contributed by atoms with Crippen LogP contribution in [-0.2, 0) is 35.1 Å². The second-order valence-electron chi connectivity index (χ2n) is 5.74. The Morgan fingerprint density at radius 3 is 1.85 bits per heavy atom. The van der Waals surface area contributed by atoms with Gasteiger partial charge < -0.3 is 28.5 Å². The summed E-state index contributed by atoms with van der Waals surface area (Å²) in [5, 5.41) is 8.06. The van der Waals surface area contributed by atoms with E-state index in [4.69, 9.17) is 23.7 Å². The van der Waals surface area contributed by atoms with Crippen molar-refractivity contribution in [2.24, 2.45) is 0 Å². The first-order chi connectivity index (χ1) is 12.7. The highest BCUT2D eigenvalue weighted by Gasteiger charge is 2.03. The molecule has 0 radical (unpaired) electrons. The van der Waals surface area contributed by atoms with Crippen LogP contribution in [0, 0.1) is 0 Å². The molecule has 0 N–H and O–H groups in total. The number of carbonyl (C=O) groups is 1. The number of aromatic nitrogens is 3. The molecule has 0 aromatic carbocycles. The van der Waals surface area contributed by atoms with Crippen LogP contribution < -0.4 is 0 Å². The van der Waals surface area contributed by atoms with Crippen LogP contribution in [0.1, 0.15) is 32.0 Å². The number of rotatable bonds is 18. The van der Waals surface area contributed by atoms with Gasteiger partial charge >= 0.3 is 0 Å². The van der Waals surface area contributed by atoms with Crippen LogP contribution in [0.15, 0.2) is 6.20 Å². The lowest BCUT2D eigenvalue weighted by molar-refractivity contribution is -0.108. The van der Waals surface area contributed by atoms with Crippen molar-refractivity contribution in [1.29, 1.82) is 0 Å². The Kier molecular flexibility index (Phi) is 13.8. The van der Waals surface area contributed by atoms with Crippen LogP contribution in [-0.4, -0.2) is 80.7 Å². The molecule has 1 rings (SSSR count). The average molecular weight is 373 g/mol. The monoisotopic (exact) mass is 373 g/mol. The maximum absolute atomic E-state index is 10.1. The number of aldehydes is 1. The first kappa shape index (κ1) is 22.7. The highest BCUT2D eigenvalue weighted by molar-refractivity contribution is 5.49. The molecule has 0 spiro atoms. The van der Waals surface area contributed by atoms with Crippen LogP contribution in [0.4, 0.5) is 0 Å². The van der Waals surface area contributed by atoms with Crippen molar-refractivity contribution in [3.8, 4) is 0 Å². The molecule has 0 aliphatic rings. The summed E-state index contributed by atoms with van der Waals surface area (Å²) in [6.07, 6.45) is 3.15. The third-order valence-corrected chi connectivity index (χ3v) is 3.20. The maximum Gasteiger partial charge on any atom is 0.122 e. The number of carbonyl (C=O) groups excluding carboxylic acids is 1. The zero-order valence-electron chi connectivity index (χ0n) is 15.8. The molecule has 26 heavy (non-hydrogen) atoms. The fourth-order valence-corrected chi connectivity index (χ4v) is 1.82. The lowest BCUT2D eigenvalue weighted by Crippen LogP contribution is -2.13. The lowest BCUT2D eigenvalue weighted by Gasteiger charge is -2.07. The van der Waals surface area contributed by atoms with E-state index in [0.717, 1.165) is 12.0 Å². The van der Waals surface area contributed by atoms with Gasteiger partial charge in [0.2, 0.25) is 0 Å². The molecule has 0 fully saturated rings. The molecular weight excluding hydrogens is 342 g/mol. The van der Waals surface area contributed by atoms with Gasteiger partial charge in [0.25, 0.3) is 0 Å². The van der Waals surface area contributed by atoms with E-state index in [1.54, 1.807) is 4.68 Å². The van der Waals surface area contributed by atoms with Crippen LogP contribution in [0.5, 0.6) is 0 Å². The molecule has 0 amide bonds. The molecule has 0 aliphatic heterocycles. The van der Waals surface area contributed by atoms with Crippen LogP contribution in [0.2, 0.25) is 0 Å². The summed E-state index contributed by atoms with van der Waals surface area (Å²) in [6.45, 7) is 9.04. The van der Waals surface area contributed by atoms with Crippen molar-refractivity contribution < 1.29 is 28.5 Å². The predicted molar refractivity (Wildman–Crippen MR) is 94.0 cm³/mol. The second kappa shape index (κ2) is 15.8. The molecule has 0 saturated heterocycles. The Bertz CT molecular complexity index is 455. The maximum atomic E-state index is 10.1. The van der Waals surface area contributed by atoms with E-state index in [0.29, 0.717) is 78.5 Å². The number of hydrogen-bond acceptors (Lipinski definition) is 8. The van der Waals surface area contributed by atoms with Gasteiger partial charge in [-0.2, -0.15) is 0 Å². The zero-order chi connectivity index (χ0) is 18.9. The number of ether oxygens (including phenoxy) is 5. The summed E-state index contributed by atoms with van der Waals surface area (Å²) in [4.78, 5) is 10.1. The third kappa shape index (κ3) is 12.0. The summed E-state index contributed by atoms with van der Waals surface area (Å²) in [5.41, 5.74) is 0.816. The van der Waals surface area contributed by atoms with Gasteiger partial charge in [-0.15, -0.1) is 5.10 Å². The van der Waals surface area contributed by atoms with Gasteiger partial charge in [0.1, 0.15) is 12.0 Å². The molecule has 0 aliphatic carbocycles. The number of hydrogen-bond donors (Lipinski definition) is 0. The van der Waals surface area contributed by atoms with Gasteiger partial charge in [-0.05, 0) is 13.8 Å².